The van der Waals surface area contributed by atoms with Crippen molar-refractivity contribution in [1.29, 1.82) is 0 Å². The van der Waals surface area contributed by atoms with Gasteiger partial charge >= 0.3 is 0 Å². The summed E-state index contributed by atoms with van der Waals surface area (Å²) in [5.74, 6) is 0.0467. The van der Waals surface area contributed by atoms with E-state index < -0.39 is 10.0 Å². The van der Waals surface area contributed by atoms with Crippen LogP contribution in [-0.4, -0.2) is 48.8 Å². The zero-order valence-corrected chi connectivity index (χ0v) is 18.0. The van der Waals surface area contributed by atoms with Gasteiger partial charge < -0.3 is 0 Å². The molecule has 0 spiro atoms. The van der Waals surface area contributed by atoms with Crippen molar-refractivity contribution in [3.05, 3.63) is 76.4 Å². The lowest BCUT2D eigenvalue weighted by Gasteiger charge is -2.34. The fraction of sp³-hybridized carbons (Fsp3) is 0.318. The molecule has 5 nitrogen and oxygen atoms in total. The van der Waals surface area contributed by atoms with E-state index in [9.17, 15) is 8.42 Å². The fourth-order valence-corrected chi connectivity index (χ4v) is 5.50. The minimum absolute atomic E-state index is 0.0467. The van der Waals surface area contributed by atoms with Gasteiger partial charge in [-0.1, -0.05) is 60.1 Å². The molecular weight excluding hydrogens is 406 g/mol. The van der Waals surface area contributed by atoms with Crippen molar-refractivity contribution in [2.75, 3.05) is 26.2 Å². The first-order chi connectivity index (χ1) is 13.9. The van der Waals surface area contributed by atoms with Gasteiger partial charge in [-0.15, -0.1) is 0 Å². The molecule has 1 aliphatic heterocycles. The topological polar surface area (TPSA) is 53.5 Å². The van der Waals surface area contributed by atoms with Gasteiger partial charge in [0.1, 0.15) is 0 Å². The second kappa shape index (κ2) is 8.40. The summed E-state index contributed by atoms with van der Waals surface area (Å²) in [6.07, 6.45) is 0. The Hall–Kier alpha value is -1.99. The van der Waals surface area contributed by atoms with E-state index in [1.807, 2.05) is 61.5 Å². The predicted molar refractivity (Wildman–Crippen MR) is 117 cm³/mol. The molecule has 0 atom stereocenters. The highest BCUT2D eigenvalue weighted by atomic mass is 35.5. The summed E-state index contributed by atoms with van der Waals surface area (Å²) in [6.45, 7) is 4.94. The maximum Gasteiger partial charge on any atom is 0.218 e. The number of para-hydroxylation sites is 1. The van der Waals surface area contributed by atoms with Crippen LogP contribution in [0.2, 0.25) is 5.02 Å². The number of hydrogen-bond acceptors (Lipinski definition) is 4. The van der Waals surface area contributed by atoms with E-state index in [0.717, 1.165) is 27.7 Å². The maximum atomic E-state index is 12.7. The summed E-state index contributed by atoms with van der Waals surface area (Å²) in [7, 11) is -3.31. The lowest BCUT2D eigenvalue weighted by molar-refractivity contribution is 0.180. The Bertz CT molecular complexity index is 1110. The van der Waals surface area contributed by atoms with Gasteiger partial charge in [-0.05, 0) is 24.1 Å². The molecule has 7 heteroatoms. The number of fused-ring (bicyclic) bond motifs is 1. The van der Waals surface area contributed by atoms with Gasteiger partial charge in [0.05, 0.1) is 22.0 Å². The minimum Gasteiger partial charge on any atom is -0.295 e. The van der Waals surface area contributed by atoms with E-state index in [0.29, 0.717) is 37.7 Å². The predicted octanol–water partition coefficient (Wildman–Crippen LogP) is 3.84. The van der Waals surface area contributed by atoms with E-state index in [4.69, 9.17) is 16.6 Å². The van der Waals surface area contributed by atoms with Crippen molar-refractivity contribution in [2.45, 2.75) is 19.2 Å². The molecule has 0 bridgehead atoms. The van der Waals surface area contributed by atoms with Gasteiger partial charge in [-0.2, -0.15) is 4.31 Å². The van der Waals surface area contributed by atoms with Crippen LogP contribution >= 0.6 is 11.6 Å². The number of hydrogen-bond donors (Lipinski definition) is 0. The first kappa shape index (κ1) is 20.3. The van der Waals surface area contributed by atoms with Crippen molar-refractivity contribution in [1.82, 2.24) is 14.2 Å². The molecule has 1 saturated heterocycles. The summed E-state index contributed by atoms with van der Waals surface area (Å²) < 4.78 is 27.1. The van der Waals surface area contributed by atoms with E-state index in [2.05, 4.69) is 4.90 Å². The summed E-state index contributed by atoms with van der Waals surface area (Å²) in [6, 6.07) is 17.3. The highest BCUT2D eigenvalue weighted by molar-refractivity contribution is 7.88. The zero-order chi connectivity index (χ0) is 20.4. The summed E-state index contributed by atoms with van der Waals surface area (Å²) >= 11 is 6.59. The third-order valence-electron chi connectivity index (χ3n) is 5.44. The molecule has 0 unspecified atom stereocenters. The second-order valence-electron chi connectivity index (χ2n) is 7.43. The van der Waals surface area contributed by atoms with Crippen LogP contribution in [-0.2, 0) is 22.3 Å². The minimum atomic E-state index is -3.31. The molecule has 2 heterocycles. The Morgan fingerprint density at radius 2 is 1.62 bits per heavy atom. The Morgan fingerprint density at radius 1 is 0.966 bits per heavy atom. The average molecular weight is 430 g/mol. The summed E-state index contributed by atoms with van der Waals surface area (Å²) in [5, 5.41) is 1.76. The lowest BCUT2D eigenvalue weighted by Crippen LogP contribution is -2.48. The van der Waals surface area contributed by atoms with Crippen LogP contribution in [0.5, 0.6) is 0 Å². The number of piperazine rings is 1. The van der Waals surface area contributed by atoms with Crippen molar-refractivity contribution in [3.63, 3.8) is 0 Å². The Morgan fingerprint density at radius 3 is 2.34 bits per heavy atom. The molecule has 1 aliphatic rings. The monoisotopic (exact) mass is 429 g/mol. The van der Waals surface area contributed by atoms with Crippen LogP contribution < -0.4 is 0 Å². The zero-order valence-electron chi connectivity index (χ0n) is 16.4. The van der Waals surface area contributed by atoms with Gasteiger partial charge in [0.15, 0.2) is 0 Å². The molecule has 0 radical (unpaired) electrons. The molecule has 2 aromatic carbocycles. The van der Waals surface area contributed by atoms with E-state index >= 15 is 0 Å². The Labute approximate surface area is 177 Å². The van der Waals surface area contributed by atoms with Crippen LogP contribution in [0.15, 0.2) is 54.6 Å². The molecule has 1 fully saturated rings. The van der Waals surface area contributed by atoms with E-state index in [1.54, 1.807) is 4.31 Å². The largest absolute Gasteiger partial charge is 0.295 e. The molecule has 1 aromatic heterocycles. The molecule has 152 valence electrons. The van der Waals surface area contributed by atoms with Crippen LogP contribution in [0, 0.1) is 6.92 Å². The molecule has 3 aromatic rings. The molecule has 0 aliphatic carbocycles. The summed E-state index contributed by atoms with van der Waals surface area (Å²) in [5.41, 5.74) is 3.64. The average Bonchev–Trinajstić information content (AvgIpc) is 2.73. The first-order valence-corrected chi connectivity index (χ1v) is 11.7. The van der Waals surface area contributed by atoms with Gasteiger partial charge in [0.2, 0.25) is 10.0 Å². The van der Waals surface area contributed by atoms with Crippen LogP contribution in [0.3, 0.4) is 0 Å². The van der Waals surface area contributed by atoms with Crippen LogP contribution in [0.25, 0.3) is 10.9 Å². The molecule has 29 heavy (non-hydrogen) atoms. The molecule has 0 saturated carbocycles. The highest BCUT2D eigenvalue weighted by Crippen LogP contribution is 2.28. The fourth-order valence-electron chi connectivity index (χ4n) is 3.78. The Balaban J connectivity index is 1.43. The normalized spacial score (nSPS) is 16.3. The third-order valence-corrected chi connectivity index (χ3v) is 7.79. The molecule has 4 rings (SSSR count). The van der Waals surface area contributed by atoms with Crippen molar-refractivity contribution >= 4 is 32.5 Å². The number of sulfonamides is 1. The highest BCUT2D eigenvalue weighted by Gasteiger charge is 2.27. The number of rotatable bonds is 5. The number of benzene rings is 2. The number of aromatic nitrogens is 1. The summed E-state index contributed by atoms with van der Waals surface area (Å²) in [4.78, 5) is 6.97. The number of halogens is 1. The van der Waals surface area contributed by atoms with Crippen molar-refractivity contribution in [2.24, 2.45) is 0 Å². The standard InChI is InChI=1S/C22H24ClN3O2S/c1-17-19-9-5-6-10-20(19)24-21(22(17)23)15-25-11-13-26(14-12-25)29(27,28)16-18-7-3-2-4-8-18/h2-10H,11-16H2,1H3. The van der Waals surface area contributed by atoms with Gasteiger partial charge in [0.25, 0.3) is 0 Å². The molecule has 0 N–H and O–H groups in total. The molecule has 0 amide bonds. The van der Waals surface area contributed by atoms with Crippen LogP contribution in [0.1, 0.15) is 16.8 Å². The second-order valence-corrected chi connectivity index (χ2v) is 9.78. The SMILES string of the molecule is Cc1c(Cl)c(CN2CCN(S(=O)(=O)Cc3ccccc3)CC2)nc2ccccc12. The number of pyridine rings is 1. The quantitative estimate of drug-likeness (QED) is 0.618. The lowest BCUT2D eigenvalue weighted by atomic mass is 10.1. The number of aryl methyl sites for hydroxylation is 1. The van der Waals surface area contributed by atoms with Crippen LogP contribution in [0.4, 0.5) is 0 Å². The van der Waals surface area contributed by atoms with Gasteiger partial charge in [-0.25, -0.2) is 13.4 Å². The maximum absolute atomic E-state index is 12.7. The van der Waals surface area contributed by atoms with Gasteiger partial charge in [-0.3, -0.25) is 4.90 Å². The third kappa shape index (κ3) is 4.46. The van der Waals surface area contributed by atoms with Gasteiger partial charge in [0, 0.05) is 38.1 Å². The number of nitrogens with zero attached hydrogens (tertiary/aromatic N) is 3. The van der Waals surface area contributed by atoms with Crippen molar-refractivity contribution in [3.8, 4) is 0 Å². The first-order valence-electron chi connectivity index (χ1n) is 9.72. The molecular formula is C22H24ClN3O2S. The van der Waals surface area contributed by atoms with Crippen molar-refractivity contribution < 1.29 is 8.42 Å². The van der Waals surface area contributed by atoms with E-state index in [1.165, 1.54) is 0 Å². The smallest absolute Gasteiger partial charge is 0.218 e. The Kier molecular flexibility index (Phi) is 5.88. The van der Waals surface area contributed by atoms with E-state index in [-0.39, 0.29) is 5.75 Å².